The second-order valence-electron chi connectivity index (χ2n) is 9.12. The zero-order chi connectivity index (χ0) is 23.2. The maximum absolute atomic E-state index is 5.56. The highest BCUT2D eigenvalue weighted by Gasteiger charge is 2.24. The summed E-state index contributed by atoms with van der Waals surface area (Å²) in [5.74, 6) is 1.32. The molecule has 34 heavy (non-hydrogen) atoms. The highest BCUT2D eigenvalue weighted by Crippen LogP contribution is 2.34. The number of aryl methyl sites for hydroxylation is 1. The number of piperazine rings is 1. The van der Waals surface area contributed by atoms with Gasteiger partial charge in [0.2, 0.25) is 0 Å². The minimum atomic E-state index is 0.584. The van der Waals surface area contributed by atoms with Crippen molar-refractivity contribution in [2.75, 3.05) is 31.1 Å². The molecule has 0 amide bonds. The lowest BCUT2D eigenvalue weighted by atomic mass is 10.1. The van der Waals surface area contributed by atoms with Crippen LogP contribution in [-0.2, 0) is 0 Å². The molecule has 0 radical (unpaired) electrons. The highest BCUT2D eigenvalue weighted by atomic mass is 16.5. The van der Waals surface area contributed by atoms with E-state index in [-0.39, 0.29) is 0 Å². The Labute approximate surface area is 197 Å². The molecule has 8 nitrogen and oxygen atoms in total. The van der Waals surface area contributed by atoms with Gasteiger partial charge in [0.05, 0.1) is 11.8 Å². The Bertz CT molecular complexity index is 1460. The molecular weight excluding hydrogens is 426 g/mol. The van der Waals surface area contributed by atoms with Crippen molar-refractivity contribution in [3.63, 3.8) is 0 Å². The standard InChI is InChI=1S/C26H27N7O/c1-17(2)31-11-13-32(14-12-31)21-10-9-20-16-27-33-25(22(20)15-21)28-29-26(33)23-18(3)34-30-24(23)19-7-5-4-6-8-19/h4-10,15-17H,11-14H2,1-3H3. The summed E-state index contributed by atoms with van der Waals surface area (Å²) in [5, 5.41) is 20.2. The van der Waals surface area contributed by atoms with Crippen LogP contribution in [0.4, 0.5) is 5.69 Å². The number of anilines is 1. The van der Waals surface area contributed by atoms with Gasteiger partial charge in [-0.15, -0.1) is 10.2 Å². The van der Waals surface area contributed by atoms with Crippen LogP contribution < -0.4 is 4.90 Å². The summed E-state index contributed by atoms with van der Waals surface area (Å²) in [6.07, 6.45) is 1.88. The quantitative estimate of drug-likeness (QED) is 0.398. The van der Waals surface area contributed by atoms with Gasteiger partial charge < -0.3 is 9.42 Å². The van der Waals surface area contributed by atoms with Gasteiger partial charge in [-0.05, 0) is 32.9 Å². The summed E-state index contributed by atoms with van der Waals surface area (Å²) >= 11 is 0. The van der Waals surface area contributed by atoms with E-state index in [0.29, 0.717) is 17.6 Å². The summed E-state index contributed by atoms with van der Waals surface area (Å²) in [4.78, 5) is 4.97. The topological polar surface area (TPSA) is 75.6 Å². The largest absolute Gasteiger partial charge is 0.369 e. The average Bonchev–Trinajstić information content (AvgIpc) is 3.47. The molecule has 0 unspecified atom stereocenters. The van der Waals surface area contributed by atoms with Gasteiger partial charge in [0, 0.05) is 54.2 Å². The molecule has 4 heterocycles. The second-order valence-corrected chi connectivity index (χ2v) is 9.12. The Kier molecular flexibility index (Phi) is 5.03. The maximum atomic E-state index is 5.56. The number of benzene rings is 2. The molecule has 1 aliphatic heterocycles. The Morgan fingerprint density at radius 1 is 0.941 bits per heavy atom. The predicted molar refractivity (Wildman–Crippen MR) is 133 cm³/mol. The molecule has 8 heteroatoms. The van der Waals surface area contributed by atoms with Crippen molar-refractivity contribution in [1.29, 1.82) is 0 Å². The fraction of sp³-hybridized carbons (Fsp3) is 0.308. The summed E-state index contributed by atoms with van der Waals surface area (Å²) in [7, 11) is 0. The van der Waals surface area contributed by atoms with Gasteiger partial charge in [0.25, 0.3) is 0 Å². The SMILES string of the molecule is Cc1onc(-c2ccccc2)c1-c1nnc2c3cc(N4CCN(C(C)C)CC4)ccc3cnn12. The minimum Gasteiger partial charge on any atom is -0.369 e. The number of fused-ring (bicyclic) bond motifs is 3. The predicted octanol–water partition coefficient (Wildman–Crippen LogP) is 4.44. The zero-order valence-corrected chi connectivity index (χ0v) is 19.6. The number of rotatable bonds is 4. The number of hydrogen-bond acceptors (Lipinski definition) is 7. The van der Waals surface area contributed by atoms with Crippen molar-refractivity contribution in [2.24, 2.45) is 0 Å². The van der Waals surface area contributed by atoms with Gasteiger partial charge >= 0.3 is 0 Å². The first kappa shape index (κ1) is 20.8. The molecule has 5 aromatic rings. The van der Waals surface area contributed by atoms with E-state index in [1.165, 1.54) is 5.69 Å². The monoisotopic (exact) mass is 453 g/mol. The molecular formula is C26H27N7O. The molecule has 3 aromatic heterocycles. The van der Waals surface area contributed by atoms with Crippen LogP contribution in [0.2, 0.25) is 0 Å². The van der Waals surface area contributed by atoms with Crippen molar-refractivity contribution < 1.29 is 4.52 Å². The average molecular weight is 454 g/mol. The van der Waals surface area contributed by atoms with Crippen molar-refractivity contribution in [1.82, 2.24) is 29.9 Å². The first-order valence-corrected chi connectivity index (χ1v) is 11.8. The fourth-order valence-electron chi connectivity index (χ4n) is 4.81. The third-order valence-corrected chi connectivity index (χ3v) is 6.77. The fourth-order valence-corrected chi connectivity index (χ4v) is 4.81. The summed E-state index contributed by atoms with van der Waals surface area (Å²) in [6.45, 7) is 10.6. The summed E-state index contributed by atoms with van der Waals surface area (Å²) in [6, 6.07) is 17.1. The van der Waals surface area contributed by atoms with E-state index in [1.807, 2.05) is 43.5 Å². The zero-order valence-electron chi connectivity index (χ0n) is 19.6. The minimum absolute atomic E-state index is 0.584. The van der Waals surface area contributed by atoms with E-state index in [0.717, 1.165) is 59.4 Å². The van der Waals surface area contributed by atoms with Gasteiger partial charge in [-0.3, -0.25) is 4.90 Å². The normalized spacial score (nSPS) is 15.1. The molecule has 0 aliphatic carbocycles. The lowest BCUT2D eigenvalue weighted by Crippen LogP contribution is -2.48. The van der Waals surface area contributed by atoms with Crippen LogP contribution in [0.3, 0.4) is 0 Å². The van der Waals surface area contributed by atoms with Crippen molar-refractivity contribution in [2.45, 2.75) is 26.8 Å². The second kappa shape index (κ2) is 8.22. The van der Waals surface area contributed by atoms with E-state index in [1.54, 1.807) is 4.52 Å². The molecule has 0 bridgehead atoms. The Morgan fingerprint density at radius 2 is 1.74 bits per heavy atom. The lowest BCUT2D eigenvalue weighted by molar-refractivity contribution is 0.209. The third-order valence-electron chi connectivity index (χ3n) is 6.77. The molecule has 1 fully saturated rings. The smallest absolute Gasteiger partial charge is 0.191 e. The van der Waals surface area contributed by atoms with E-state index in [4.69, 9.17) is 4.52 Å². The van der Waals surface area contributed by atoms with Crippen LogP contribution in [0.1, 0.15) is 19.6 Å². The Hall–Kier alpha value is -3.78. The van der Waals surface area contributed by atoms with E-state index < -0.39 is 0 Å². The van der Waals surface area contributed by atoms with Gasteiger partial charge in [0.1, 0.15) is 11.5 Å². The van der Waals surface area contributed by atoms with Crippen molar-refractivity contribution >= 4 is 22.1 Å². The molecule has 172 valence electrons. The van der Waals surface area contributed by atoms with E-state index in [9.17, 15) is 0 Å². The summed E-state index contributed by atoms with van der Waals surface area (Å²) < 4.78 is 7.36. The van der Waals surface area contributed by atoms with Crippen molar-refractivity contribution in [3.05, 3.63) is 60.5 Å². The molecule has 2 aromatic carbocycles. The molecule has 1 saturated heterocycles. The molecule has 0 saturated carbocycles. The van der Waals surface area contributed by atoms with Gasteiger partial charge in [-0.2, -0.15) is 9.61 Å². The molecule has 0 atom stereocenters. The highest BCUT2D eigenvalue weighted by molar-refractivity contribution is 5.96. The maximum Gasteiger partial charge on any atom is 0.191 e. The third kappa shape index (κ3) is 3.42. The first-order chi connectivity index (χ1) is 16.6. The molecule has 6 rings (SSSR count). The summed E-state index contributed by atoms with van der Waals surface area (Å²) in [5.41, 5.74) is 4.46. The number of nitrogens with zero attached hydrogens (tertiary/aromatic N) is 7. The van der Waals surface area contributed by atoms with Crippen LogP contribution in [0.15, 0.2) is 59.3 Å². The molecule has 1 aliphatic rings. The number of hydrogen-bond donors (Lipinski definition) is 0. The van der Waals surface area contributed by atoms with Crippen molar-refractivity contribution in [3.8, 4) is 22.6 Å². The van der Waals surface area contributed by atoms with Crippen LogP contribution in [-0.4, -0.2) is 62.1 Å². The van der Waals surface area contributed by atoms with Crippen LogP contribution in [0, 0.1) is 6.92 Å². The van der Waals surface area contributed by atoms with Gasteiger partial charge in [-0.25, -0.2) is 0 Å². The van der Waals surface area contributed by atoms with Crippen LogP contribution >= 0.6 is 0 Å². The Balaban J connectivity index is 1.43. The van der Waals surface area contributed by atoms with E-state index >= 15 is 0 Å². The van der Waals surface area contributed by atoms with Gasteiger partial charge in [-0.1, -0.05) is 41.6 Å². The molecule has 0 N–H and O–H groups in total. The number of aromatic nitrogens is 5. The first-order valence-electron chi connectivity index (χ1n) is 11.8. The Morgan fingerprint density at radius 3 is 2.50 bits per heavy atom. The van der Waals surface area contributed by atoms with Crippen LogP contribution in [0.25, 0.3) is 39.1 Å². The van der Waals surface area contributed by atoms with Gasteiger partial charge in [0.15, 0.2) is 11.5 Å². The molecule has 0 spiro atoms. The van der Waals surface area contributed by atoms with Crippen LogP contribution in [0.5, 0.6) is 0 Å². The lowest BCUT2D eigenvalue weighted by Gasteiger charge is -2.38. The van der Waals surface area contributed by atoms with E-state index in [2.05, 4.69) is 62.3 Å².